The summed E-state index contributed by atoms with van der Waals surface area (Å²) in [5.74, 6) is 0.212. The van der Waals surface area contributed by atoms with Crippen LogP contribution in [0.25, 0.3) is 0 Å². The van der Waals surface area contributed by atoms with Crippen LogP contribution >= 0.6 is 11.6 Å². The molecule has 0 heterocycles. The molecule has 3 N–H and O–H groups in total. The van der Waals surface area contributed by atoms with Crippen molar-refractivity contribution < 1.29 is 9.90 Å². The molecule has 0 aliphatic carbocycles. The van der Waals surface area contributed by atoms with Gasteiger partial charge in [0.25, 0.3) is 0 Å². The first-order valence-electron chi connectivity index (χ1n) is 6.99. The van der Waals surface area contributed by atoms with Crippen LogP contribution in [0, 0.1) is 5.92 Å². The zero-order chi connectivity index (χ0) is 16.0. The van der Waals surface area contributed by atoms with Crippen molar-refractivity contribution >= 4 is 29.0 Å². The molecule has 2 unspecified atom stereocenters. The standard InChI is InChI=1S/C15H24ClN3O2/c1-10(7-11(2)20)9-17-15(21)18-13-8-12(16)5-6-14(13)19(3)4/h5-6,8,10-11,20H,7,9H2,1-4H3,(H2,17,18,21). The Hall–Kier alpha value is -1.46. The third-order valence-electron chi connectivity index (χ3n) is 3.04. The van der Waals surface area contributed by atoms with Crippen molar-refractivity contribution in [1.29, 1.82) is 0 Å². The maximum atomic E-state index is 11.9. The number of carbonyl (C=O) groups excluding carboxylic acids is 1. The van der Waals surface area contributed by atoms with Gasteiger partial charge in [-0.2, -0.15) is 0 Å². The quantitative estimate of drug-likeness (QED) is 0.756. The van der Waals surface area contributed by atoms with Crippen LogP contribution in [0.2, 0.25) is 5.02 Å². The lowest BCUT2D eigenvalue weighted by molar-refractivity contribution is 0.163. The maximum absolute atomic E-state index is 11.9. The van der Waals surface area contributed by atoms with E-state index in [9.17, 15) is 9.90 Å². The summed E-state index contributed by atoms with van der Waals surface area (Å²) in [7, 11) is 3.80. The van der Waals surface area contributed by atoms with Crippen molar-refractivity contribution in [3.05, 3.63) is 23.2 Å². The second kappa shape index (κ2) is 8.10. The van der Waals surface area contributed by atoms with Crippen LogP contribution in [0.1, 0.15) is 20.3 Å². The third kappa shape index (κ3) is 6.23. The molecule has 0 saturated carbocycles. The second-order valence-electron chi connectivity index (χ2n) is 5.58. The molecular weight excluding hydrogens is 290 g/mol. The molecule has 1 aromatic rings. The molecule has 0 aliphatic heterocycles. The van der Waals surface area contributed by atoms with Crippen LogP contribution in [0.5, 0.6) is 0 Å². The van der Waals surface area contributed by atoms with E-state index in [0.29, 0.717) is 23.7 Å². The number of nitrogens with zero attached hydrogens (tertiary/aromatic N) is 1. The number of aliphatic hydroxyl groups excluding tert-OH is 1. The van der Waals surface area contributed by atoms with Crippen molar-refractivity contribution in [1.82, 2.24) is 5.32 Å². The van der Waals surface area contributed by atoms with Crippen LogP contribution in [0.4, 0.5) is 16.2 Å². The Kier molecular flexibility index (Phi) is 6.78. The van der Waals surface area contributed by atoms with E-state index in [1.807, 2.05) is 32.0 Å². The fourth-order valence-electron chi connectivity index (χ4n) is 2.10. The molecule has 2 amide bonds. The number of halogens is 1. The van der Waals surface area contributed by atoms with Crippen LogP contribution in [0.15, 0.2) is 18.2 Å². The molecule has 21 heavy (non-hydrogen) atoms. The maximum Gasteiger partial charge on any atom is 0.319 e. The topological polar surface area (TPSA) is 64.6 Å². The Morgan fingerprint density at radius 3 is 2.62 bits per heavy atom. The fraction of sp³-hybridized carbons (Fsp3) is 0.533. The number of hydrogen-bond donors (Lipinski definition) is 3. The smallest absolute Gasteiger partial charge is 0.319 e. The summed E-state index contributed by atoms with van der Waals surface area (Å²) in [6, 6.07) is 5.08. The lowest BCUT2D eigenvalue weighted by atomic mass is 10.1. The number of amides is 2. The molecule has 118 valence electrons. The Balaban J connectivity index is 2.60. The van der Waals surface area contributed by atoms with E-state index in [1.165, 1.54) is 0 Å². The zero-order valence-electron chi connectivity index (χ0n) is 13.0. The van der Waals surface area contributed by atoms with Crippen molar-refractivity contribution in [2.45, 2.75) is 26.4 Å². The first kappa shape index (κ1) is 17.6. The summed E-state index contributed by atoms with van der Waals surface area (Å²) in [6.07, 6.45) is 0.290. The number of rotatable bonds is 6. The van der Waals surface area contributed by atoms with Crippen molar-refractivity contribution in [2.24, 2.45) is 5.92 Å². The van der Waals surface area contributed by atoms with Crippen molar-refractivity contribution in [3.8, 4) is 0 Å². The first-order chi connectivity index (χ1) is 9.79. The van der Waals surface area contributed by atoms with E-state index in [0.717, 1.165) is 5.69 Å². The van der Waals surface area contributed by atoms with Gasteiger partial charge in [0.1, 0.15) is 0 Å². The Labute approximate surface area is 131 Å². The number of carbonyl (C=O) groups is 1. The summed E-state index contributed by atoms with van der Waals surface area (Å²) < 4.78 is 0. The molecular formula is C15H24ClN3O2. The minimum absolute atomic E-state index is 0.212. The van der Waals surface area contributed by atoms with Gasteiger partial charge in [-0.05, 0) is 37.5 Å². The predicted octanol–water partition coefficient (Wildman–Crippen LogP) is 2.93. The Morgan fingerprint density at radius 2 is 2.05 bits per heavy atom. The van der Waals surface area contributed by atoms with Gasteiger partial charge in [-0.1, -0.05) is 18.5 Å². The average molecular weight is 314 g/mol. The molecule has 1 aromatic carbocycles. The van der Waals surface area contributed by atoms with Gasteiger partial charge in [-0.15, -0.1) is 0 Å². The molecule has 0 spiro atoms. The van der Waals surface area contributed by atoms with Crippen molar-refractivity contribution in [2.75, 3.05) is 30.9 Å². The zero-order valence-corrected chi connectivity index (χ0v) is 13.7. The highest BCUT2D eigenvalue weighted by atomic mass is 35.5. The van der Waals surface area contributed by atoms with Crippen LogP contribution in [-0.4, -0.2) is 37.9 Å². The number of nitrogens with one attached hydrogen (secondary N) is 2. The number of urea groups is 1. The van der Waals surface area contributed by atoms with Gasteiger partial charge >= 0.3 is 6.03 Å². The molecule has 5 nitrogen and oxygen atoms in total. The van der Waals surface area contributed by atoms with E-state index in [-0.39, 0.29) is 18.1 Å². The van der Waals surface area contributed by atoms with Gasteiger partial charge in [0, 0.05) is 25.7 Å². The molecule has 0 aromatic heterocycles. The SMILES string of the molecule is CC(O)CC(C)CNC(=O)Nc1cc(Cl)ccc1N(C)C. The van der Waals surface area contributed by atoms with Gasteiger partial charge in [0.15, 0.2) is 0 Å². The van der Waals surface area contributed by atoms with Gasteiger partial charge in [0.05, 0.1) is 17.5 Å². The minimum atomic E-state index is -0.363. The largest absolute Gasteiger partial charge is 0.393 e. The van der Waals surface area contributed by atoms with E-state index >= 15 is 0 Å². The van der Waals surface area contributed by atoms with Gasteiger partial charge in [0.2, 0.25) is 0 Å². The highest BCUT2D eigenvalue weighted by Gasteiger charge is 2.11. The normalized spacial score (nSPS) is 13.4. The highest BCUT2D eigenvalue weighted by Crippen LogP contribution is 2.27. The number of anilines is 2. The van der Waals surface area contributed by atoms with Gasteiger partial charge in [-0.3, -0.25) is 0 Å². The fourth-order valence-corrected chi connectivity index (χ4v) is 2.27. The minimum Gasteiger partial charge on any atom is -0.393 e. The molecule has 0 fully saturated rings. The Morgan fingerprint density at radius 1 is 1.38 bits per heavy atom. The lowest BCUT2D eigenvalue weighted by Crippen LogP contribution is -2.33. The van der Waals surface area contributed by atoms with Gasteiger partial charge in [-0.25, -0.2) is 4.79 Å². The van der Waals surface area contributed by atoms with E-state index in [1.54, 1.807) is 19.1 Å². The monoisotopic (exact) mass is 313 g/mol. The molecule has 0 aliphatic rings. The Bertz CT molecular complexity index is 478. The first-order valence-corrected chi connectivity index (χ1v) is 7.37. The van der Waals surface area contributed by atoms with Gasteiger partial charge < -0.3 is 20.6 Å². The van der Waals surface area contributed by atoms with Crippen LogP contribution in [-0.2, 0) is 0 Å². The average Bonchev–Trinajstić information content (AvgIpc) is 2.35. The number of hydrogen-bond acceptors (Lipinski definition) is 3. The van der Waals surface area contributed by atoms with E-state index in [4.69, 9.17) is 11.6 Å². The summed E-state index contributed by atoms with van der Waals surface area (Å²) in [4.78, 5) is 13.8. The predicted molar refractivity (Wildman–Crippen MR) is 88.3 cm³/mol. The molecule has 2 atom stereocenters. The number of aliphatic hydroxyl groups is 1. The highest BCUT2D eigenvalue weighted by molar-refractivity contribution is 6.31. The molecule has 1 rings (SSSR count). The molecule has 0 radical (unpaired) electrons. The summed E-state index contributed by atoms with van der Waals surface area (Å²) in [6.45, 7) is 4.23. The van der Waals surface area contributed by atoms with Crippen LogP contribution < -0.4 is 15.5 Å². The number of benzene rings is 1. The van der Waals surface area contributed by atoms with E-state index in [2.05, 4.69) is 10.6 Å². The van der Waals surface area contributed by atoms with Crippen molar-refractivity contribution in [3.63, 3.8) is 0 Å². The van der Waals surface area contributed by atoms with Crippen LogP contribution in [0.3, 0.4) is 0 Å². The molecule has 6 heteroatoms. The third-order valence-corrected chi connectivity index (χ3v) is 3.28. The lowest BCUT2D eigenvalue weighted by Gasteiger charge is -2.19. The second-order valence-corrected chi connectivity index (χ2v) is 6.02. The molecule has 0 saturated heterocycles. The molecule has 0 bridgehead atoms. The summed E-state index contributed by atoms with van der Waals surface area (Å²) in [5, 5.41) is 15.5. The summed E-state index contributed by atoms with van der Waals surface area (Å²) >= 11 is 5.97. The summed E-state index contributed by atoms with van der Waals surface area (Å²) in [5.41, 5.74) is 1.54. The van der Waals surface area contributed by atoms with E-state index < -0.39 is 0 Å².